The van der Waals surface area contributed by atoms with Crippen LogP contribution in [0.4, 0.5) is 5.69 Å². The number of carbonyl (C=O) groups is 1. The first-order valence-electron chi connectivity index (χ1n) is 12.2. The molecule has 0 saturated heterocycles. The predicted molar refractivity (Wildman–Crippen MR) is 151 cm³/mol. The molecule has 198 valence electrons. The van der Waals surface area contributed by atoms with Crippen molar-refractivity contribution in [2.45, 2.75) is 37.2 Å². The summed E-state index contributed by atoms with van der Waals surface area (Å²) in [5.41, 5.74) is 2.91. The van der Waals surface area contributed by atoms with Gasteiger partial charge in [-0.25, -0.2) is 4.98 Å². The van der Waals surface area contributed by atoms with Gasteiger partial charge >= 0.3 is 0 Å². The molecule has 1 atom stereocenters. The first kappa shape index (κ1) is 27.1. The van der Waals surface area contributed by atoms with Crippen molar-refractivity contribution in [3.8, 4) is 17.2 Å². The average Bonchev–Trinajstić information content (AvgIpc) is 2.93. The van der Waals surface area contributed by atoms with Crippen LogP contribution in [0.15, 0.2) is 70.6 Å². The van der Waals surface area contributed by atoms with E-state index in [0.717, 1.165) is 22.6 Å². The molecule has 1 amide bonds. The van der Waals surface area contributed by atoms with Crippen LogP contribution in [0.3, 0.4) is 0 Å². The Labute approximate surface area is 225 Å². The number of aromatic nitrogens is 2. The van der Waals surface area contributed by atoms with Crippen molar-refractivity contribution < 1.29 is 19.0 Å². The Bertz CT molecular complexity index is 1500. The van der Waals surface area contributed by atoms with Crippen LogP contribution in [0.2, 0.25) is 0 Å². The van der Waals surface area contributed by atoms with E-state index in [4.69, 9.17) is 19.2 Å². The zero-order valence-corrected chi connectivity index (χ0v) is 22.9. The van der Waals surface area contributed by atoms with Gasteiger partial charge in [-0.1, -0.05) is 43.0 Å². The predicted octanol–water partition coefficient (Wildman–Crippen LogP) is 5.29. The van der Waals surface area contributed by atoms with Crippen LogP contribution in [0.5, 0.6) is 17.2 Å². The quantitative estimate of drug-likeness (QED) is 0.219. The third-order valence-electron chi connectivity index (χ3n) is 6.12. The minimum absolute atomic E-state index is 0.152. The Morgan fingerprint density at radius 1 is 1.00 bits per heavy atom. The third-order valence-corrected chi connectivity index (χ3v) is 7.48. The second-order valence-corrected chi connectivity index (χ2v) is 9.90. The molecular weight excluding hydrogens is 502 g/mol. The van der Waals surface area contributed by atoms with Crippen LogP contribution >= 0.6 is 11.8 Å². The summed E-state index contributed by atoms with van der Waals surface area (Å²) in [7, 11) is 4.67. The lowest BCUT2D eigenvalue weighted by Gasteiger charge is -2.19. The topological polar surface area (TPSA) is 91.7 Å². The maximum absolute atomic E-state index is 13.8. The van der Waals surface area contributed by atoms with Crippen LogP contribution in [-0.4, -0.2) is 42.0 Å². The average molecular weight is 534 g/mol. The van der Waals surface area contributed by atoms with Crippen LogP contribution in [0, 0.1) is 6.92 Å². The first-order chi connectivity index (χ1) is 18.4. The van der Waals surface area contributed by atoms with E-state index in [1.165, 1.54) is 26.0 Å². The largest absolute Gasteiger partial charge is 0.497 e. The van der Waals surface area contributed by atoms with Gasteiger partial charge in [0.05, 0.1) is 44.0 Å². The molecule has 0 spiro atoms. The van der Waals surface area contributed by atoms with E-state index in [9.17, 15) is 9.59 Å². The van der Waals surface area contributed by atoms with Gasteiger partial charge in [0.25, 0.3) is 5.56 Å². The number of benzene rings is 3. The van der Waals surface area contributed by atoms with Crippen LogP contribution in [-0.2, 0) is 11.3 Å². The fourth-order valence-electron chi connectivity index (χ4n) is 4.07. The summed E-state index contributed by atoms with van der Waals surface area (Å²) in [6, 6.07) is 18.5. The highest BCUT2D eigenvalue weighted by atomic mass is 32.2. The number of hydrogen-bond acceptors (Lipinski definition) is 7. The molecule has 0 aliphatic heterocycles. The SMILES string of the molecule is CCC(Sc1nc2cc(OC)c(OC)cc2c(=O)n1Cc1ccc(OC)cc1)C(=O)Nc1cccc(C)c1. The summed E-state index contributed by atoms with van der Waals surface area (Å²) in [5.74, 6) is 1.49. The van der Waals surface area contributed by atoms with E-state index in [-0.39, 0.29) is 18.0 Å². The molecule has 1 aromatic heterocycles. The molecule has 0 aliphatic rings. The number of fused-ring (bicyclic) bond motifs is 1. The summed E-state index contributed by atoms with van der Waals surface area (Å²) in [5, 5.41) is 3.37. The Balaban J connectivity index is 1.77. The minimum atomic E-state index is -0.470. The maximum atomic E-state index is 13.8. The molecule has 3 aromatic carbocycles. The lowest BCUT2D eigenvalue weighted by Crippen LogP contribution is -2.28. The van der Waals surface area contributed by atoms with Gasteiger partial charge in [-0.3, -0.25) is 14.2 Å². The number of hydrogen-bond donors (Lipinski definition) is 1. The molecule has 38 heavy (non-hydrogen) atoms. The number of nitrogens with one attached hydrogen (secondary N) is 1. The standard InChI is InChI=1S/C29H31N3O5S/c1-6-26(27(33)30-20-9-7-8-18(2)14-20)38-29-31-23-16-25(37-5)24(36-4)15-22(23)28(34)32(29)17-19-10-12-21(35-3)13-11-19/h7-16,26H,6,17H2,1-5H3,(H,30,33). The van der Waals surface area contributed by atoms with E-state index in [1.807, 2.05) is 62.4 Å². The number of carbonyl (C=O) groups excluding carboxylic acids is 1. The highest BCUT2D eigenvalue weighted by Gasteiger charge is 2.23. The Morgan fingerprint density at radius 2 is 1.71 bits per heavy atom. The normalized spacial score (nSPS) is 11.7. The van der Waals surface area contributed by atoms with Gasteiger partial charge in [0.2, 0.25) is 5.91 Å². The monoisotopic (exact) mass is 533 g/mol. The summed E-state index contributed by atoms with van der Waals surface area (Å²) in [6.07, 6.45) is 0.546. The Hall–Kier alpha value is -3.98. The molecule has 0 bridgehead atoms. The van der Waals surface area contributed by atoms with E-state index in [0.29, 0.717) is 34.0 Å². The van der Waals surface area contributed by atoms with Crippen LogP contribution < -0.4 is 25.1 Å². The maximum Gasteiger partial charge on any atom is 0.262 e. The number of amides is 1. The minimum Gasteiger partial charge on any atom is -0.497 e. The molecule has 1 unspecified atom stereocenters. The number of aryl methyl sites for hydroxylation is 1. The molecule has 0 radical (unpaired) electrons. The van der Waals surface area contributed by atoms with Crippen molar-refractivity contribution in [2.24, 2.45) is 0 Å². The number of methoxy groups -OCH3 is 3. The van der Waals surface area contributed by atoms with Gasteiger partial charge in [0, 0.05) is 11.8 Å². The summed E-state index contributed by atoms with van der Waals surface area (Å²) < 4.78 is 17.7. The molecule has 4 aromatic rings. The Kier molecular flexibility index (Phi) is 8.58. The molecule has 0 aliphatic carbocycles. The van der Waals surface area contributed by atoms with E-state index < -0.39 is 5.25 Å². The van der Waals surface area contributed by atoms with Crippen molar-refractivity contribution in [1.29, 1.82) is 0 Å². The van der Waals surface area contributed by atoms with Crippen molar-refractivity contribution in [3.05, 3.63) is 82.1 Å². The van der Waals surface area contributed by atoms with Crippen molar-refractivity contribution in [1.82, 2.24) is 9.55 Å². The zero-order valence-electron chi connectivity index (χ0n) is 22.1. The lowest BCUT2D eigenvalue weighted by molar-refractivity contribution is -0.115. The lowest BCUT2D eigenvalue weighted by atomic mass is 10.2. The number of nitrogens with zero attached hydrogens (tertiary/aromatic N) is 2. The van der Waals surface area contributed by atoms with Crippen molar-refractivity contribution >= 4 is 34.3 Å². The van der Waals surface area contributed by atoms with Crippen molar-refractivity contribution in [3.63, 3.8) is 0 Å². The van der Waals surface area contributed by atoms with Crippen LogP contribution in [0.1, 0.15) is 24.5 Å². The van der Waals surface area contributed by atoms with Crippen molar-refractivity contribution in [2.75, 3.05) is 26.6 Å². The highest BCUT2D eigenvalue weighted by molar-refractivity contribution is 8.00. The van der Waals surface area contributed by atoms with E-state index >= 15 is 0 Å². The van der Waals surface area contributed by atoms with Gasteiger partial charge in [-0.05, 0) is 54.8 Å². The summed E-state index contributed by atoms with van der Waals surface area (Å²) in [6.45, 7) is 4.19. The molecule has 9 heteroatoms. The summed E-state index contributed by atoms with van der Waals surface area (Å²) in [4.78, 5) is 31.9. The molecule has 1 heterocycles. The van der Waals surface area contributed by atoms with Crippen LogP contribution in [0.25, 0.3) is 10.9 Å². The Morgan fingerprint density at radius 3 is 2.34 bits per heavy atom. The molecule has 0 fully saturated rings. The molecular formula is C29H31N3O5S. The molecule has 0 saturated carbocycles. The molecule has 4 rings (SSSR count). The summed E-state index contributed by atoms with van der Waals surface area (Å²) >= 11 is 1.27. The van der Waals surface area contributed by atoms with Gasteiger partial charge in [-0.15, -0.1) is 0 Å². The number of thioether (sulfide) groups is 1. The second kappa shape index (κ2) is 12.0. The number of anilines is 1. The third kappa shape index (κ3) is 5.94. The van der Waals surface area contributed by atoms with Gasteiger partial charge in [-0.2, -0.15) is 0 Å². The number of ether oxygens (including phenoxy) is 3. The van der Waals surface area contributed by atoms with E-state index in [2.05, 4.69) is 5.32 Å². The fourth-order valence-corrected chi connectivity index (χ4v) is 5.08. The zero-order chi connectivity index (χ0) is 27.2. The van der Waals surface area contributed by atoms with Gasteiger partial charge in [0.1, 0.15) is 5.75 Å². The molecule has 8 nitrogen and oxygen atoms in total. The fraction of sp³-hybridized carbons (Fsp3) is 0.276. The first-order valence-corrected chi connectivity index (χ1v) is 13.1. The van der Waals surface area contributed by atoms with Gasteiger partial charge < -0.3 is 19.5 Å². The number of rotatable bonds is 10. The second-order valence-electron chi connectivity index (χ2n) is 8.73. The smallest absolute Gasteiger partial charge is 0.262 e. The van der Waals surface area contributed by atoms with E-state index in [1.54, 1.807) is 23.8 Å². The molecule has 1 N–H and O–H groups in total. The van der Waals surface area contributed by atoms with Gasteiger partial charge in [0.15, 0.2) is 16.7 Å². The highest BCUT2D eigenvalue weighted by Crippen LogP contribution is 2.32.